The van der Waals surface area contributed by atoms with Gasteiger partial charge in [-0.15, -0.1) is 0 Å². The molecule has 40 heavy (non-hydrogen) atoms. The van der Waals surface area contributed by atoms with Crippen LogP contribution in [0, 0.1) is 6.92 Å². The Morgan fingerprint density at radius 3 is 1.48 bits per heavy atom. The second-order valence-electron chi connectivity index (χ2n) is 15.0. The molecule has 0 bridgehead atoms. The Morgan fingerprint density at radius 2 is 1.02 bits per heavy atom. The van der Waals surface area contributed by atoms with Crippen LogP contribution in [-0.4, -0.2) is 0 Å². The molecule has 3 aromatic carbocycles. The maximum atomic E-state index is 7.10. The summed E-state index contributed by atoms with van der Waals surface area (Å²) in [7, 11) is -0.923. The zero-order valence-corrected chi connectivity index (χ0v) is 28.4. The highest BCUT2D eigenvalue weighted by Gasteiger charge is 2.28. The minimum Gasteiger partial charge on any atom is -0.469 e. The van der Waals surface area contributed by atoms with Gasteiger partial charge in [-0.25, -0.2) is 0 Å². The van der Waals surface area contributed by atoms with Gasteiger partial charge in [0.25, 0.3) is 0 Å². The summed E-state index contributed by atoms with van der Waals surface area (Å²) in [5.74, 6) is 9.01. The van der Waals surface area contributed by atoms with Crippen molar-refractivity contribution in [2.45, 2.75) is 118 Å². The number of rotatable bonds is 5. The van der Waals surface area contributed by atoms with Gasteiger partial charge in [0.15, 0.2) is 0 Å². The lowest BCUT2D eigenvalue weighted by atomic mass is 9.79. The topological polar surface area (TPSA) is 61.3 Å². The van der Waals surface area contributed by atoms with Crippen LogP contribution < -0.4 is 21.5 Å². The summed E-state index contributed by atoms with van der Waals surface area (Å²) in [6, 6.07) is 22.9. The van der Waals surface area contributed by atoms with Crippen LogP contribution >= 0.6 is 8.15 Å². The van der Waals surface area contributed by atoms with Crippen molar-refractivity contribution < 1.29 is 4.52 Å². The molecule has 1 unspecified atom stereocenters. The van der Waals surface area contributed by atoms with E-state index >= 15 is 0 Å². The maximum Gasteiger partial charge on any atom is 0.127 e. The van der Waals surface area contributed by atoms with Gasteiger partial charge >= 0.3 is 0 Å². The largest absolute Gasteiger partial charge is 0.469 e. The summed E-state index contributed by atoms with van der Waals surface area (Å²) in [4.78, 5) is 0. The predicted octanol–water partition coefficient (Wildman–Crippen LogP) is 9.31. The second-order valence-corrected chi connectivity index (χ2v) is 16.8. The van der Waals surface area contributed by atoms with Crippen LogP contribution in [0.4, 0.5) is 0 Å². The molecule has 0 fully saturated rings. The fraction of sp³-hybridized carbons (Fsp3) is 0.500. The highest BCUT2D eigenvalue weighted by Crippen LogP contribution is 2.47. The Balaban J connectivity index is 0.00000274. The Labute approximate surface area is 246 Å². The van der Waals surface area contributed by atoms with Crippen LogP contribution in [0.15, 0.2) is 60.7 Å². The molecule has 3 aromatic rings. The van der Waals surface area contributed by atoms with Gasteiger partial charge in [0.05, 0.1) is 0 Å². The highest BCUT2D eigenvalue weighted by atomic mass is 31.1. The summed E-state index contributed by atoms with van der Waals surface area (Å²) in [5, 5.41) is 1.28. The van der Waals surface area contributed by atoms with Crippen molar-refractivity contribution in [3.63, 3.8) is 0 Å². The molecule has 0 aromatic heterocycles. The molecule has 0 aliphatic rings. The third-order valence-corrected chi connectivity index (χ3v) is 9.20. The molecule has 1 atom stereocenters. The molecule has 0 radical (unpaired) electrons. The van der Waals surface area contributed by atoms with E-state index in [1.54, 1.807) is 0 Å². The summed E-state index contributed by atoms with van der Waals surface area (Å²) < 4.78 is 7.10. The molecule has 0 aliphatic carbocycles. The summed E-state index contributed by atoms with van der Waals surface area (Å²) >= 11 is 0. The monoisotopic (exact) mass is 562 g/mol. The Morgan fingerprint density at radius 1 is 0.575 bits per heavy atom. The Kier molecular flexibility index (Phi) is 10.9. The highest BCUT2D eigenvalue weighted by molar-refractivity contribution is 7.60. The van der Waals surface area contributed by atoms with Crippen LogP contribution in [0.3, 0.4) is 0 Å². The third kappa shape index (κ3) is 8.90. The fourth-order valence-electron chi connectivity index (χ4n) is 4.70. The van der Waals surface area contributed by atoms with Crippen LogP contribution in [0.5, 0.6) is 5.75 Å². The molecule has 3 rings (SSSR count). The first-order valence-electron chi connectivity index (χ1n) is 14.4. The summed E-state index contributed by atoms with van der Waals surface area (Å²) in [5.41, 5.74) is 8.35. The molecule has 0 saturated heterocycles. The second kappa shape index (κ2) is 12.8. The molecule has 4 heteroatoms. The lowest BCUT2D eigenvalue weighted by Crippen LogP contribution is -2.20. The number of hydrazine groups is 1. The van der Waals surface area contributed by atoms with Crippen molar-refractivity contribution in [3.8, 4) is 5.75 Å². The van der Waals surface area contributed by atoms with Gasteiger partial charge in [0.1, 0.15) is 13.9 Å². The molecule has 0 amide bonds. The fourth-order valence-corrected chi connectivity index (χ4v) is 6.52. The average molecular weight is 563 g/mol. The molecular weight excluding hydrogens is 507 g/mol. The van der Waals surface area contributed by atoms with Crippen molar-refractivity contribution in [1.29, 1.82) is 0 Å². The van der Waals surface area contributed by atoms with Crippen molar-refractivity contribution >= 4 is 13.5 Å². The standard InChI is InChI=1S/C36H51OP.H4N2/c1-25-14-19-29(20-15-25)38(24-26-16-17-27(33(2,3)4)22-30(26)35(8,9)10)37-32-21-18-28(34(5,6)7)23-31(32)36(11,12)13;1-2/h14-23H,24H2,1-13H3;1-2H2. The first-order valence-corrected chi connectivity index (χ1v) is 15.9. The number of benzene rings is 3. The molecule has 0 aliphatic heterocycles. The SMILES string of the molecule is Cc1ccc(P(Cc2ccc(C(C)(C)C)cc2C(C)(C)C)Oc2ccc(C(C)(C)C)cc2C(C)(C)C)cc1.NN. The van der Waals surface area contributed by atoms with Gasteiger partial charge in [-0.3, -0.25) is 11.7 Å². The first kappa shape index (κ1) is 34.0. The lowest BCUT2D eigenvalue weighted by Gasteiger charge is -2.31. The number of aryl methyl sites for hydroxylation is 1. The van der Waals surface area contributed by atoms with E-state index in [1.165, 1.54) is 38.7 Å². The van der Waals surface area contributed by atoms with E-state index in [2.05, 4.69) is 162 Å². The van der Waals surface area contributed by atoms with Gasteiger partial charge in [-0.05, 0) is 56.9 Å². The molecule has 220 valence electrons. The molecule has 0 heterocycles. The number of hydrogen-bond donors (Lipinski definition) is 2. The van der Waals surface area contributed by atoms with Gasteiger partial charge in [-0.2, -0.15) is 0 Å². The quantitative estimate of drug-likeness (QED) is 0.185. The van der Waals surface area contributed by atoms with E-state index in [-0.39, 0.29) is 21.7 Å². The summed E-state index contributed by atoms with van der Waals surface area (Å²) in [6.07, 6.45) is 0.889. The lowest BCUT2D eigenvalue weighted by molar-refractivity contribution is 0.529. The maximum absolute atomic E-state index is 7.10. The van der Waals surface area contributed by atoms with Crippen molar-refractivity contribution in [3.05, 3.63) is 94.0 Å². The van der Waals surface area contributed by atoms with Crippen LogP contribution in [0.1, 0.15) is 116 Å². The van der Waals surface area contributed by atoms with Gasteiger partial charge in [0.2, 0.25) is 0 Å². The smallest absolute Gasteiger partial charge is 0.127 e. The minimum atomic E-state index is -0.923. The molecule has 3 nitrogen and oxygen atoms in total. The van der Waals surface area contributed by atoms with Crippen molar-refractivity contribution in [1.82, 2.24) is 0 Å². The Hall–Kier alpha value is -2.19. The van der Waals surface area contributed by atoms with E-state index in [1.807, 2.05) is 0 Å². The van der Waals surface area contributed by atoms with Gasteiger partial charge in [0, 0.05) is 17.0 Å². The van der Waals surface area contributed by atoms with Crippen molar-refractivity contribution in [2.75, 3.05) is 0 Å². The van der Waals surface area contributed by atoms with E-state index in [0.29, 0.717) is 0 Å². The zero-order chi connectivity index (χ0) is 30.7. The molecule has 0 spiro atoms. The molecular formula is C36H55N2OP. The average Bonchev–Trinajstić information content (AvgIpc) is 2.83. The first-order chi connectivity index (χ1) is 18.3. The number of hydrogen-bond acceptors (Lipinski definition) is 3. The summed E-state index contributed by atoms with van der Waals surface area (Å²) in [6.45, 7) is 29.7. The van der Waals surface area contributed by atoms with E-state index in [0.717, 1.165) is 11.9 Å². The van der Waals surface area contributed by atoms with E-state index in [4.69, 9.17) is 4.52 Å². The van der Waals surface area contributed by atoms with Crippen LogP contribution in [0.25, 0.3) is 0 Å². The molecule has 4 N–H and O–H groups in total. The van der Waals surface area contributed by atoms with E-state index < -0.39 is 8.15 Å². The van der Waals surface area contributed by atoms with Gasteiger partial charge in [-0.1, -0.05) is 143 Å². The normalized spacial score (nSPS) is 13.4. The zero-order valence-electron chi connectivity index (χ0n) is 27.5. The Bertz CT molecular complexity index is 1170. The minimum absolute atomic E-state index is 0.0181. The van der Waals surface area contributed by atoms with Crippen molar-refractivity contribution in [2.24, 2.45) is 11.7 Å². The van der Waals surface area contributed by atoms with Gasteiger partial charge < -0.3 is 4.52 Å². The van der Waals surface area contributed by atoms with E-state index in [9.17, 15) is 0 Å². The molecule has 0 saturated carbocycles. The van der Waals surface area contributed by atoms with Crippen LogP contribution in [-0.2, 0) is 27.8 Å². The predicted molar refractivity (Wildman–Crippen MR) is 178 cm³/mol. The number of nitrogens with two attached hydrogens (primary N) is 2. The van der Waals surface area contributed by atoms with Crippen LogP contribution in [0.2, 0.25) is 0 Å². The third-order valence-electron chi connectivity index (χ3n) is 7.28.